The summed E-state index contributed by atoms with van der Waals surface area (Å²) < 4.78 is 45.1. The van der Waals surface area contributed by atoms with Gasteiger partial charge in [-0.1, -0.05) is 0 Å². The molecule has 3 rings (SSSR count). The average Bonchev–Trinajstić information content (AvgIpc) is 3.02. The predicted molar refractivity (Wildman–Crippen MR) is 69.1 cm³/mol. The standard InChI is InChI=1S/C12H11F3N6O/c1-6-7(2)22-10(19-6)4-16-9-3-8(12(13,14)15)20-11-17-5-18-21(9)11/h3,5,16H,4H2,1-2H3. The predicted octanol–water partition coefficient (Wildman–Crippen LogP) is 2.36. The third kappa shape index (κ3) is 2.59. The Kier molecular flexibility index (Phi) is 3.23. The number of fused-ring (bicyclic) bond motifs is 1. The lowest BCUT2D eigenvalue weighted by atomic mass is 10.3. The fourth-order valence-electron chi connectivity index (χ4n) is 1.86. The minimum Gasteiger partial charge on any atom is -0.444 e. The van der Waals surface area contributed by atoms with E-state index >= 15 is 0 Å². The van der Waals surface area contributed by atoms with Gasteiger partial charge in [0.25, 0.3) is 5.78 Å². The van der Waals surface area contributed by atoms with Gasteiger partial charge >= 0.3 is 6.18 Å². The van der Waals surface area contributed by atoms with Crippen molar-refractivity contribution in [1.29, 1.82) is 0 Å². The van der Waals surface area contributed by atoms with Gasteiger partial charge in [0.2, 0.25) is 5.89 Å². The number of oxazole rings is 1. The maximum Gasteiger partial charge on any atom is 0.433 e. The van der Waals surface area contributed by atoms with Crippen LogP contribution >= 0.6 is 0 Å². The largest absolute Gasteiger partial charge is 0.444 e. The molecule has 0 bridgehead atoms. The molecule has 22 heavy (non-hydrogen) atoms. The molecule has 0 fully saturated rings. The summed E-state index contributed by atoms with van der Waals surface area (Å²) in [5.41, 5.74) is -0.316. The van der Waals surface area contributed by atoms with Gasteiger partial charge in [-0.05, 0) is 13.8 Å². The molecule has 0 aliphatic carbocycles. The van der Waals surface area contributed by atoms with Crippen LogP contribution in [0.2, 0.25) is 0 Å². The molecule has 0 aliphatic heterocycles. The molecule has 7 nitrogen and oxygen atoms in total. The number of aromatic nitrogens is 5. The normalized spacial score (nSPS) is 12.0. The van der Waals surface area contributed by atoms with Crippen LogP contribution in [0.4, 0.5) is 19.0 Å². The number of anilines is 1. The van der Waals surface area contributed by atoms with Gasteiger partial charge in [0.15, 0.2) is 5.69 Å². The molecule has 0 spiro atoms. The van der Waals surface area contributed by atoms with Crippen LogP contribution in [0.1, 0.15) is 23.0 Å². The van der Waals surface area contributed by atoms with Crippen LogP contribution in [0.15, 0.2) is 16.8 Å². The highest BCUT2D eigenvalue weighted by atomic mass is 19.4. The zero-order valence-electron chi connectivity index (χ0n) is 11.6. The van der Waals surface area contributed by atoms with Crippen molar-refractivity contribution >= 4 is 11.6 Å². The van der Waals surface area contributed by atoms with E-state index in [1.165, 1.54) is 4.52 Å². The summed E-state index contributed by atoms with van der Waals surface area (Å²) in [4.78, 5) is 11.3. The molecule has 0 atom stereocenters. The zero-order chi connectivity index (χ0) is 15.9. The second-order valence-corrected chi connectivity index (χ2v) is 4.60. The number of rotatable bonds is 3. The molecule has 3 heterocycles. The van der Waals surface area contributed by atoms with Crippen LogP contribution in [0.25, 0.3) is 5.78 Å². The van der Waals surface area contributed by atoms with Crippen LogP contribution in [0.5, 0.6) is 0 Å². The van der Waals surface area contributed by atoms with E-state index in [0.717, 1.165) is 18.1 Å². The lowest BCUT2D eigenvalue weighted by Gasteiger charge is -2.10. The van der Waals surface area contributed by atoms with Gasteiger partial charge in [-0.3, -0.25) is 0 Å². The number of hydrogen-bond acceptors (Lipinski definition) is 6. The highest BCUT2D eigenvalue weighted by Gasteiger charge is 2.34. The summed E-state index contributed by atoms with van der Waals surface area (Å²) in [6.07, 6.45) is -3.44. The Morgan fingerprint density at radius 1 is 1.27 bits per heavy atom. The molecule has 10 heteroatoms. The summed E-state index contributed by atoms with van der Waals surface area (Å²) in [6, 6.07) is 0.865. The van der Waals surface area contributed by atoms with Gasteiger partial charge < -0.3 is 9.73 Å². The van der Waals surface area contributed by atoms with E-state index in [1.54, 1.807) is 13.8 Å². The van der Waals surface area contributed by atoms with E-state index in [1.807, 2.05) is 0 Å². The van der Waals surface area contributed by atoms with Crippen molar-refractivity contribution in [3.8, 4) is 0 Å². The van der Waals surface area contributed by atoms with Crippen molar-refractivity contribution in [2.24, 2.45) is 0 Å². The Morgan fingerprint density at radius 3 is 2.68 bits per heavy atom. The molecule has 116 valence electrons. The molecular formula is C12H11F3N6O. The SMILES string of the molecule is Cc1nc(CNc2cc(C(F)(F)F)nc3ncnn23)oc1C. The first-order valence-corrected chi connectivity index (χ1v) is 6.29. The van der Waals surface area contributed by atoms with E-state index in [9.17, 15) is 13.2 Å². The third-order valence-corrected chi connectivity index (χ3v) is 3.04. The molecule has 0 aromatic carbocycles. The van der Waals surface area contributed by atoms with Crippen molar-refractivity contribution < 1.29 is 17.6 Å². The van der Waals surface area contributed by atoms with Crippen molar-refractivity contribution in [2.45, 2.75) is 26.6 Å². The number of nitrogens with zero attached hydrogens (tertiary/aromatic N) is 5. The van der Waals surface area contributed by atoms with Crippen LogP contribution in [-0.2, 0) is 12.7 Å². The van der Waals surface area contributed by atoms with Crippen LogP contribution < -0.4 is 5.32 Å². The van der Waals surface area contributed by atoms with E-state index in [0.29, 0.717) is 11.7 Å². The Morgan fingerprint density at radius 2 is 2.05 bits per heavy atom. The molecule has 0 aliphatic rings. The van der Waals surface area contributed by atoms with Crippen LogP contribution in [-0.4, -0.2) is 24.6 Å². The second-order valence-electron chi connectivity index (χ2n) is 4.60. The summed E-state index contributed by atoms with van der Waals surface area (Å²) in [5.74, 6) is 0.988. The molecular weight excluding hydrogens is 301 g/mol. The van der Waals surface area contributed by atoms with Gasteiger partial charge in [-0.2, -0.15) is 27.8 Å². The number of halogens is 3. The third-order valence-electron chi connectivity index (χ3n) is 3.04. The highest BCUT2D eigenvalue weighted by Crippen LogP contribution is 2.29. The van der Waals surface area contributed by atoms with Crippen LogP contribution in [0, 0.1) is 13.8 Å². The minimum absolute atomic E-state index is 0.100. The topological polar surface area (TPSA) is 81.1 Å². The van der Waals surface area contributed by atoms with E-state index in [2.05, 4.69) is 25.4 Å². The Hall–Kier alpha value is -2.65. The number of aryl methyl sites for hydroxylation is 2. The van der Waals surface area contributed by atoms with Crippen molar-refractivity contribution in [2.75, 3.05) is 5.32 Å². The maximum atomic E-state index is 12.8. The monoisotopic (exact) mass is 312 g/mol. The average molecular weight is 312 g/mol. The minimum atomic E-state index is -4.57. The molecule has 0 saturated carbocycles. The molecule has 3 aromatic rings. The fraction of sp³-hybridized carbons (Fsp3) is 0.333. The fourth-order valence-corrected chi connectivity index (χ4v) is 1.86. The number of alkyl halides is 3. The van der Waals surface area contributed by atoms with Crippen molar-refractivity contribution in [3.05, 3.63) is 35.4 Å². The number of nitrogens with one attached hydrogen (secondary N) is 1. The first kappa shape index (κ1) is 14.3. The molecule has 3 aromatic heterocycles. The highest BCUT2D eigenvalue weighted by molar-refractivity contribution is 5.45. The van der Waals surface area contributed by atoms with E-state index in [-0.39, 0.29) is 18.1 Å². The zero-order valence-corrected chi connectivity index (χ0v) is 11.6. The lowest BCUT2D eigenvalue weighted by molar-refractivity contribution is -0.141. The Labute approximate surface area is 122 Å². The van der Waals surface area contributed by atoms with Gasteiger partial charge in [0, 0.05) is 6.07 Å². The number of hydrogen-bond donors (Lipinski definition) is 1. The molecule has 1 N–H and O–H groups in total. The Balaban J connectivity index is 1.93. The lowest BCUT2D eigenvalue weighted by Crippen LogP contribution is -2.13. The smallest absolute Gasteiger partial charge is 0.433 e. The van der Waals surface area contributed by atoms with Gasteiger partial charge in [-0.15, -0.1) is 0 Å². The molecule has 0 radical (unpaired) electrons. The first-order valence-electron chi connectivity index (χ1n) is 6.29. The first-order chi connectivity index (χ1) is 10.3. The summed E-state index contributed by atoms with van der Waals surface area (Å²) in [7, 11) is 0. The van der Waals surface area contributed by atoms with Gasteiger partial charge in [0.1, 0.15) is 17.9 Å². The van der Waals surface area contributed by atoms with Crippen molar-refractivity contribution in [1.82, 2.24) is 24.6 Å². The van der Waals surface area contributed by atoms with Gasteiger partial charge in [-0.25, -0.2) is 9.97 Å². The summed E-state index contributed by atoms with van der Waals surface area (Å²) in [5, 5.41) is 6.65. The van der Waals surface area contributed by atoms with Gasteiger partial charge in [0.05, 0.1) is 12.2 Å². The van der Waals surface area contributed by atoms with Crippen molar-refractivity contribution in [3.63, 3.8) is 0 Å². The quantitative estimate of drug-likeness (QED) is 0.799. The second kappa shape index (κ2) is 4.97. The summed E-state index contributed by atoms with van der Waals surface area (Å²) >= 11 is 0. The van der Waals surface area contributed by atoms with E-state index < -0.39 is 11.9 Å². The summed E-state index contributed by atoms with van der Waals surface area (Å²) in [6.45, 7) is 3.66. The molecule has 0 amide bonds. The Bertz CT molecular complexity index is 802. The molecule has 0 unspecified atom stereocenters. The maximum absolute atomic E-state index is 12.8. The van der Waals surface area contributed by atoms with Crippen LogP contribution in [0.3, 0.4) is 0 Å². The van der Waals surface area contributed by atoms with E-state index in [4.69, 9.17) is 4.42 Å². The molecule has 0 saturated heterocycles.